The van der Waals surface area contributed by atoms with Crippen LogP contribution in [0.15, 0.2) is 0 Å². The zero-order chi connectivity index (χ0) is 17.2. The lowest BCUT2D eigenvalue weighted by atomic mass is 10.0. The van der Waals surface area contributed by atoms with Gasteiger partial charge in [0.15, 0.2) is 18.2 Å². The summed E-state index contributed by atoms with van der Waals surface area (Å²) in [5.41, 5.74) is 0. The first-order valence-electron chi connectivity index (χ1n) is 8.04. The minimum Gasteiger partial charge on any atom is -0.463 e. The number of rotatable bonds is 9. The second-order valence-electron chi connectivity index (χ2n) is 5.54. The fourth-order valence-corrected chi connectivity index (χ4v) is 2.29. The van der Waals surface area contributed by atoms with Gasteiger partial charge in [0.2, 0.25) is 0 Å². The van der Waals surface area contributed by atoms with Crippen molar-refractivity contribution in [2.45, 2.75) is 71.4 Å². The Hall–Kier alpha value is -1.47. The van der Waals surface area contributed by atoms with Gasteiger partial charge in [0.25, 0.3) is 0 Å². The van der Waals surface area contributed by atoms with Crippen molar-refractivity contribution in [3.63, 3.8) is 0 Å². The molecule has 7 heteroatoms. The molecule has 1 aliphatic heterocycles. The van der Waals surface area contributed by atoms with Gasteiger partial charge in [0, 0.05) is 20.5 Å². The highest BCUT2D eigenvalue weighted by Gasteiger charge is 2.41. The monoisotopic (exact) mass is 330 g/mol. The average molecular weight is 330 g/mol. The largest absolute Gasteiger partial charge is 0.463 e. The first-order chi connectivity index (χ1) is 10.9. The Labute approximate surface area is 136 Å². The molecule has 0 amide bonds. The summed E-state index contributed by atoms with van der Waals surface area (Å²) in [4.78, 5) is 34.2. The summed E-state index contributed by atoms with van der Waals surface area (Å²) >= 11 is 0. The van der Waals surface area contributed by atoms with Gasteiger partial charge in [0.1, 0.15) is 12.7 Å². The van der Waals surface area contributed by atoms with Crippen molar-refractivity contribution in [1.29, 1.82) is 0 Å². The van der Waals surface area contributed by atoms with Crippen LogP contribution in [0.3, 0.4) is 0 Å². The van der Waals surface area contributed by atoms with Gasteiger partial charge in [0.05, 0.1) is 6.42 Å². The first-order valence-corrected chi connectivity index (χ1v) is 8.04. The number of unbranched alkanes of at least 4 members (excludes halogenated alkanes) is 3. The van der Waals surface area contributed by atoms with E-state index in [1.165, 1.54) is 13.8 Å². The molecule has 0 spiro atoms. The maximum absolute atomic E-state index is 12.2. The second-order valence-corrected chi connectivity index (χ2v) is 5.54. The first kappa shape index (κ1) is 19.6. The Balaban J connectivity index is 2.54. The predicted octanol–water partition coefficient (Wildman–Crippen LogP) is 1.76. The van der Waals surface area contributed by atoms with E-state index in [0.717, 1.165) is 25.7 Å². The molecule has 1 heterocycles. The molecule has 0 aromatic heterocycles. The molecule has 0 saturated carbocycles. The zero-order valence-electron chi connectivity index (χ0n) is 14.0. The summed E-state index contributed by atoms with van der Waals surface area (Å²) in [5, 5.41) is 0. The van der Waals surface area contributed by atoms with Gasteiger partial charge >= 0.3 is 11.9 Å². The molecule has 0 aromatic rings. The number of ketones is 1. The molecule has 7 nitrogen and oxygen atoms in total. The van der Waals surface area contributed by atoms with E-state index in [9.17, 15) is 14.4 Å². The van der Waals surface area contributed by atoms with Crippen LogP contribution in [0, 0.1) is 0 Å². The maximum atomic E-state index is 12.2. The topological polar surface area (TPSA) is 88.1 Å². The number of hydrogen-bond donors (Lipinski definition) is 0. The predicted molar refractivity (Wildman–Crippen MR) is 80.6 cm³/mol. The van der Waals surface area contributed by atoms with Crippen LogP contribution in [0.25, 0.3) is 0 Å². The molecule has 1 saturated heterocycles. The number of hydrogen-bond acceptors (Lipinski definition) is 7. The van der Waals surface area contributed by atoms with Crippen molar-refractivity contribution < 1.29 is 33.3 Å². The molecule has 1 fully saturated rings. The van der Waals surface area contributed by atoms with Crippen molar-refractivity contribution >= 4 is 17.7 Å². The molecular weight excluding hydrogens is 304 g/mol. The quantitative estimate of drug-likeness (QED) is 0.470. The second kappa shape index (κ2) is 10.3. The standard InChI is InChI=1S/C16H26O7/c1-4-5-6-7-8-20-15-9-13(19)16(22-12(3)18)14(23-15)10-21-11(2)17/h14-16H,4-10H2,1-3H3/t14-,15+,16+/m1/s1. The van der Waals surface area contributed by atoms with Gasteiger partial charge in [-0.15, -0.1) is 0 Å². The third-order valence-corrected chi connectivity index (χ3v) is 3.39. The van der Waals surface area contributed by atoms with Crippen molar-refractivity contribution in [2.24, 2.45) is 0 Å². The van der Waals surface area contributed by atoms with Crippen LogP contribution in [0.4, 0.5) is 0 Å². The molecule has 1 rings (SSSR count). The number of esters is 2. The molecule has 0 radical (unpaired) electrons. The lowest BCUT2D eigenvalue weighted by molar-refractivity contribution is -0.231. The van der Waals surface area contributed by atoms with E-state index < -0.39 is 30.4 Å². The Bertz CT molecular complexity index is 407. The minimum atomic E-state index is -1.06. The average Bonchev–Trinajstić information content (AvgIpc) is 2.47. The molecule has 23 heavy (non-hydrogen) atoms. The highest BCUT2D eigenvalue weighted by Crippen LogP contribution is 2.21. The Morgan fingerprint density at radius 1 is 1.17 bits per heavy atom. The van der Waals surface area contributed by atoms with Crippen molar-refractivity contribution in [3.05, 3.63) is 0 Å². The third kappa shape index (κ3) is 7.56. The minimum absolute atomic E-state index is 0.0162. The fourth-order valence-electron chi connectivity index (χ4n) is 2.29. The smallest absolute Gasteiger partial charge is 0.303 e. The SMILES string of the molecule is CCCCCCO[C@@H]1CC(=O)[C@H](OC(C)=O)[C@@H](COC(C)=O)O1. The van der Waals surface area contributed by atoms with Gasteiger partial charge in [-0.1, -0.05) is 26.2 Å². The summed E-state index contributed by atoms with van der Waals surface area (Å²) in [6.07, 6.45) is 1.63. The normalized spacial score (nSPS) is 24.3. The maximum Gasteiger partial charge on any atom is 0.303 e. The number of carbonyl (C=O) groups excluding carboxylic acids is 3. The molecule has 0 aliphatic carbocycles. The van der Waals surface area contributed by atoms with E-state index in [4.69, 9.17) is 18.9 Å². The van der Waals surface area contributed by atoms with Gasteiger partial charge in [-0.3, -0.25) is 14.4 Å². The van der Waals surface area contributed by atoms with Crippen LogP contribution in [-0.4, -0.2) is 49.4 Å². The van der Waals surface area contributed by atoms with Gasteiger partial charge in [-0.05, 0) is 6.42 Å². The van der Waals surface area contributed by atoms with Crippen LogP contribution in [0.5, 0.6) is 0 Å². The number of Topliss-reactive ketones (excluding diaryl/α,β-unsaturated/α-hetero) is 1. The highest BCUT2D eigenvalue weighted by atomic mass is 16.7. The molecule has 0 N–H and O–H groups in total. The Kier molecular flexibility index (Phi) is 8.79. The van der Waals surface area contributed by atoms with E-state index in [1.54, 1.807) is 0 Å². The lowest BCUT2D eigenvalue weighted by Gasteiger charge is -2.34. The highest BCUT2D eigenvalue weighted by molar-refractivity contribution is 5.86. The van der Waals surface area contributed by atoms with Crippen LogP contribution in [-0.2, 0) is 33.3 Å². The molecular formula is C16H26O7. The van der Waals surface area contributed by atoms with E-state index in [2.05, 4.69) is 6.92 Å². The fraction of sp³-hybridized carbons (Fsp3) is 0.812. The van der Waals surface area contributed by atoms with E-state index >= 15 is 0 Å². The Morgan fingerprint density at radius 2 is 1.91 bits per heavy atom. The molecule has 3 atom stereocenters. The summed E-state index contributed by atoms with van der Waals surface area (Å²) < 4.78 is 21.1. The van der Waals surface area contributed by atoms with Crippen molar-refractivity contribution in [2.75, 3.05) is 13.2 Å². The Morgan fingerprint density at radius 3 is 2.52 bits per heavy atom. The number of carbonyl (C=O) groups is 3. The summed E-state index contributed by atoms with van der Waals surface area (Å²) in [6, 6.07) is 0. The van der Waals surface area contributed by atoms with E-state index in [-0.39, 0.29) is 18.8 Å². The van der Waals surface area contributed by atoms with Crippen molar-refractivity contribution in [1.82, 2.24) is 0 Å². The molecule has 0 aromatic carbocycles. The molecule has 0 bridgehead atoms. The number of ether oxygens (including phenoxy) is 4. The molecule has 132 valence electrons. The summed E-state index contributed by atoms with van der Waals surface area (Å²) in [5.74, 6) is -1.37. The van der Waals surface area contributed by atoms with Crippen LogP contribution < -0.4 is 0 Å². The third-order valence-electron chi connectivity index (χ3n) is 3.39. The van der Waals surface area contributed by atoms with Crippen LogP contribution >= 0.6 is 0 Å². The molecule has 1 aliphatic rings. The van der Waals surface area contributed by atoms with E-state index in [0.29, 0.717) is 6.61 Å². The summed E-state index contributed by atoms with van der Waals surface area (Å²) in [6.45, 7) is 4.93. The van der Waals surface area contributed by atoms with Gasteiger partial charge in [-0.2, -0.15) is 0 Å². The zero-order valence-corrected chi connectivity index (χ0v) is 14.0. The van der Waals surface area contributed by atoms with E-state index in [1.807, 2.05) is 0 Å². The van der Waals surface area contributed by atoms with Crippen LogP contribution in [0.2, 0.25) is 0 Å². The van der Waals surface area contributed by atoms with Crippen LogP contribution in [0.1, 0.15) is 52.9 Å². The van der Waals surface area contributed by atoms with Gasteiger partial charge < -0.3 is 18.9 Å². The van der Waals surface area contributed by atoms with Gasteiger partial charge in [-0.25, -0.2) is 0 Å². The van der Waals surface area contributed by atoms with Crippen molar-refractivity contribution in [3.8, 4) is 0 Å². The molecule has 0 unspecified atom stereocenters. The summed E-state index contributed by atoms with van der Waals surface area (Å²) in [7, 11) is 0. The lowest BCUT2D eigenvalue weighted by Crippen LogP contribution is -2.50.